The van der Waals surface area contributed by atoms with Crippen molar-refractivity contribution in [3.05, 3.63) is 90.0 Å². The van der Waals surface area contributed by atoms with Gasteiger partial charge in [0.15, 0.2) is 5.82 Å². The highest BCUT2D eigenvalue weighted by Gasteiger charge is 2.23. The zero-order valence-corrected chi connectivity index (χ0v) is 21.3. The molecule has 0 amide bonds. The lowest BCUT2D eigenvalue weighted by molar-refractivity contribution is 0.170. The van der Waals surface area contributed by atoms with Crippen molar-refractivity contribution in [2.45, 2.75) is 18.9 Å². The first-order chi connectivity index (χ1) is 17.5. The fourth-order valence-corrected chi connectivity index (χ4v) is 4.40. The second-order valence-corrected chi connectivity index (χ2v) is 9.56. The summed E-state index contributed by atoms with van der Waals surface area (Å²) in [5.74, 6) is 3.26. The third-order valence-corrected chi connectivity index (χ3v) is 6.54. The van der Waals surface area contributed by atoms with E-state index in [1.54, 1.807) is 0 Å². The standard InChI is InChI=1S/C29H30ClN5O/c1-34(2)24-12-10-23(11-13-24)31-27-20-28(33-29(32-27)21-6-4-3-5-7-21)35-18-16-26(17-19-35)36-25-14-8-22(30)9-15-25/h3-15,20,26H,16-19H2,1-2H3,(H,31,32,33). The molecule has 184 valence electrons. The molecule has 1 N–H and O–H groups in total. The Morgan fingerprint density at radius 1 is 0.889 bits per heavy atom. The lowest BCUT2D eigenvalue weighted by Crippen LogP contribution is -2.38. The minimum absolute atomic E-state index is 0.172. The molecule has 0 atom stereocenters. The van der Waals surface area contributed by atoms with Gasteiger partial charge in [0.1, 0.15) is 23.5 Å². The Bertz CT molecular complexity index is 1270. The maximum atomic E-state index is 6.18. The minimum Gasteiger partial charge on any atom is -0.490 e. The van der Waals surface area contributed by atoms with Crippen LogP contribution in [-0.4, -0.2) is 43.3 Å². The van der Waals surface area contributed by atoms with E-state index in [9.17, 15) is 0 Å². The number of nitrogens with one attached hydrogen (secondary N) is 1. The molecule has 3 aromatic carbocycles. The molecule has 1 fully saturated rings. The van der Waals surface area contributed by atoms with Gasteiger partial charge >= 0.3 is 0 Å². The molecule has 0 saturated carbocycles. The van der Waals surface area contributed by atoms with E-state index in [1.807, 2.05) is 74.8 Å². The van der Waals surface area contributed by atoms with Crippen molar-refractivity contribution >= 4 is 34.6 Å². The molecule has 0 unspecified atom stereocenters. The van der Waals surface area contributed by atoms with Crippen LogP contribution < -0.4 is 19.9 Å². The first kappa shape index (κ1) is 23.9. The van der Waals surface area contributed by atoms with Crippen molar-refractivity contribution in [3.8, 4) is 17.1 Å². The third-order valence-electron chi connectivity index (χ3n) is 6.28. The van der Waals surface area contributed by atoms with Crippen LogP contribution in [0.25, 0.3) is 11.4 Å². The molecule has 1 aliphatic rings. The molecule has 6 nitrogen and oxygen atoms in total. The van der Waals surface area contributed by atoms with Crippen LogP contribution in [-0.2, 0) is 0 Å². The Kier molecular flexibility index (Phi) is 7.23. The van der Waals surface area contributed by atoms with Gasteiger partial charge < -0.3 is 19.9 Å². The van der Waals surface area contributed by atoms with Gasteiger partial charge in [0.25, 0.3) is 0 Å². The first-order valence-corrected chi connectivity index (χ1v) is 12.6. The number of piperidine rings is 1. The van der Waals surface area contributed by atoms with Crippen LogP contribution in [0.4, 0.5) is 23.0 Å². The van der Waals surface area contributed by atoms with Crippen LogP contribution in [0.1, 0.15) is 12.8 Å². The smallest absolute Gasteiger partial charge is 0.163 e. The topological polar surface area (TPSA) is 53.5 Å². The normalized spacial score (nSPS) is 13.9. The maximum Gasteiger partial charge on any atom is 0.163 e. The molecule has 0 aliphatic carbocycles. The number of aromatic nitrogens is 2. The van der Waals surface area contributed by atoms with Gasteiger partial charge in [0.05, 0.1) is 0 Å². The van der Waals surface area contributed by atoms with Gasteiger partial charge in [0, 0.05) is 68.1 Å². The van der Waals surface area contributed by atoms with Gasteiger partial charge in [0.2, 0.25) is 0 Å². The van der Waals surface area contributed by atoms with Crippen LogP contribution in [0.5, 0.6) is 5.75 Å². The molecule has 1 aromatic heterocycles. The highest BCUT2D eigenvalue weighted by molar-refractivity contribution is 6.30. The number of halogens is 1. The molecule has 5 rings (SSSR count). The van der Waals surface area contributed by atoms with Crippen molar-refractivity contribution in [1.82, 2.24) is 9.97 Å². The van der Waals surface area contributed by atoms with E-state index in [0.717, 1.165) is 60.3 Å². The largest absolute Gasteiger partial charge is 0.490 e. The predicted octanol–water partition coefficient (Wildman–Crippen LogP) is 6.65. The highest BCUT2D eigenvalue weighted by Crippen LogP contribution is 2.28. The van der Waals surface area contributed by atoms with Crippen LogP contribution in [0.2, 0.25) is 5.02 Å². The molecular formula is C29H30ClN5O. The van der Waals surface area contributed by atoms with Crippen molar-refractivity contribution in [2.75, 3.05) is 42.3 Å². The highest BCUT2D eigenvalue weighted by atomic mass is 35.5. The molecule has 0 bridgehead atoms. The Morgan fingerprint density at radius 2 is 1.58 bits per heavy atom. The summed E-state index contributed by atoms with van der Waals surface area (Å²) < 4.78 is 6.18. The van der Waals surface area contributed by atoms with Gasteiger partial charge in [-0.25, -0.2) is 9.97 Å². The monoisotopic (exact) mass is 499 g/mol. The Balaban J connectivity index is 1.34. The SMILES string of the molecule is CN(C)c1ccc(Nc2cc(N3CCC(Oc4ccc(Cl)cc4)CC3)nc(-c3ccccc3)n2)cc1. The van der Waals surface area contributed by atoms with Crippen molar-refractivity contribution < 1.29 is 4.74 Å². The Hall–Kier alpha value is -3.77. The predicted molar refractivity (Wildman–Crippen MR) is 149 cm³/mol. The number of benzene rings is 3. The van der Waals surface area contributed by atoms with Crippen molar-refractivity contribution in [3.63, 3.8) is 0 Å². The third kappa shape index (κ3) is 5.89. The first-order valence-electron chi connectivity index (χ1n) is 12.2. The summed E-state index contributed by atoms with van der Waals surface area (Å²) in [6, 6.07) is 28.0. The number of anilines is 4. The van der Waals surface area contributed by atoms with E-state index in [0.29, 0.717) is 10.8 Å². The summed E-state index contributed by atoms with van der Waals surface area (Å²) in [5, 5.41) is 4.19. The minimum atomic E-state index is 0.172. The van der Waals surface area contributed by atoms with Crippen LogP contribution in [0, 0.1) is 0 Å². The summed E-state index contributed by atoms with van der Waals surface area (Å²) in [5.41, 5.74) is 3.13. The number of hydrogen-bond donors (Lipinski definition) is 1. The van der Waals surface area contributed by atoms with Gasteiger partial charge in [-0.1, -0.05) is 41.9 Å². The quantitative estimate of drug-likeness (QED) is 0.307. The van der Waals surface area contributed by atoms with Gasteiger partial charge in [-0.3, -0.25) is 0 Å². The zero-order chi connectivity index (χ0) is 24.9. The lowest BCUT2D eigenvalue weighted by Gasteiger charge is -2.33. The van der Waals surface area contributed by atoms with Gasteiger partial charge in [-0.15, -0.1) is 0 Å². The van der Waals surface area contributed by atoms with Crippen molar-refractivity contribution in [2.24, 2.45) is 0 Å². The van der Waals surface area contributed by atoms with Gasteiger partial charge in [-0.2, -0.15) is 0 Å². The summed E-state index contributed by atoms with van der Waals surface area (Å²) >= 11 is 6.00. The maximum absolute atomic E-state index is 6.18. The van der Waals surface area contributed by atoms with Crippen LogP contribution in [0.3, 0.4) is 0 Å². The average molecular weight is 500 g/mol. The number of hydrogen-bond acceptors (Lipinski definition) is 6. The van der Waals surface area contributed by atoms with E-state index >= 15 is 0 Å². The molecule has 7 heteroatoms. The van der Waals surface area contributed by atoms with E-state index in [-0.39, 0.29) is 6.10 Å². The Morgan fingerprint density at radius 3 is 2.25 bits per heavy atom. The molecule has 1 aliphatic heterocycles. The van der Waals surface area contributed by atoms with Gasteiger partial charge in [-0.05, 0) is 48.5 Å². The van der Waals surface area contributed by atoms with E-state index in [1.165, 1.54) is 0 Å². The molecule has 4 aromatic rings. The van der Waals surface area contributed by atoms with Crippen molar-refractivity contribution in [1.29, 1.82) is 0 Å². The molecule has 2 heterocycles. The molecule has 1 saturated heterocycles. The summed E-state index contributed by atoms with van der Waals surface area (Å²) in [4.78, 5) is 14.2. The number of ether oxygens (including phenoxy) is 1. The molecular weight excluding hydrogens is 470 g/mol. The summed E-state index contributed by atoms with van der Waals surface area (Å²) in [7, 11) is 4.07. The molecule has 0 radical (unpaired) electrons. The average Bonchev–Trinajstić information content (AvgIpc) is 2.91. The Labute approximate surface area is 217 Å². The zero-order valence-electron chi connectivity index (χ0n) is 20.6. The summed E-state index contributed by atoms with van der Waals surface area (Å²) in [6.45, 7) is 1.72. The number of rotatable bonds is 7. The lowest BCUT2D eigenvalue weighted by atomic mass is 10.1. The van der Waals surface area contributed by atoms with E-state index in [4.69, 9.17) is 26.3 Å². The van der Waals surface area contributed by atoms with E-state index < -0.39 is 0 Å². The number of nitrogens with zero attached hydrogens (tertiary/aromatic N) is 4. The second-order valence-electron chi connectivity index (χ2n) is 9.13. The second kappa shape index (κ2) is 10.9. The molecule has 36 heavy (non-hydrogen) atoms. The van der Waals surface area contributed by atoms with E-state index in [2.05, 4.69) is 39.4 Å². The summed E-state index contributed by atoms with van der Waals surface area (Å²) in [6.07, 6.45) is 2.01. The van der Waals surface area contributed by atoms with Crippen LogP contribution >= 0.6 is 11.6 Å². The molecule has 0 spiro atoms. The fourth-order valence-electron chi connectivity index (χ4n) is 4.28. The van der Waals surface area contributed by atoms with Crippen LogP contribution in [0.15, 0.2) is 84.9 Å². The fraction of sp³-hybridized carbons (Fsp3) is 0.241.